The highest BCUT2D eigenvalue weighted by atomic mass is 35.5. The Morgan fingerprint density at radius 2 is 2.07 bits per heavy atom. The van der Waals surface area contributed by atoms with Gasteiger partial charge in [-0.1, -0.05) is 11.6 Å². The van der Waals surface area contributed by atoms with Crippen LogP contribution in [0.15, 0.2) is 18.2 Å². The van der Waals surface area contributed by atoms with Crippen LogP contribution in [-0.4, -0.2) is 15.2 Å². The lowest BCUT2D eigenvalue weighted by Crippen LogP contribution is -1.88. The van der Waals surface area contributed by atoms with Gasteiger partial charge in [0, 0.05) is 11.3 Å². The first-order chi connectivity index (χ1) is 6.66. The van der Waals surface area contributed by atoms with Crippen LogP contribution in [0, 0.1) is 0 Å². The van der Waals surface area contributed by atoms with Gasteiger partial charge in [0.2, 0.25) is 5.95 Å². The van der Waals surface area contributed by atoms with Crippen LogP contribution >= 0.6 is 11.6 Å². The van der Waals surface area contributed by atoms with E-state index < -0.39 is 0 Å². The van der Waals surface area contributed by atoms with Crippen molar-refractivity contribution < 1.29 is 0 Å². The molecule has 2 rings (SSSR count). The lowest BCUT2D eigenvalue weighted by atomic mass is 10.2. The zero-order valence-corrected chi connectivity index (χ0v) is 7.92. The lowest BCUT2D eigenvalue weighted by molar-refractivity contribution is 1.10. The second kappa shape index (κ2) is 3.19. The molecule has 72 valence electrons. The van der Waals surface area contributed by atoms with E-state index in [1.54, 1.807) is 18.2 Å². The number of benzene rings is 1. The van der Waals surface area contributed by atoms with E-state index in [0.29, 0.717) is 16.5 Å². The summed E-state index contributed by atoms with van der Waals surface area (Å²) in [5, 5.41) is 6.89. The van der Waals surface area contributed by atoms with E-state index in [9.17, 15) is 0 Å². The third kappa shape index (κ3) is 1.49. The number of nitrogen functional groups attached to an aromatic ring is 2. The van der Waals surface area contributed by atoms with Crippen LogP contribution in [0.1, 0.15) is 0 Å². The molecular formula is C8H8ClN5. The maximum Gasteiger partial charge on any atom is 0.239 e. The van der Waals surface area contributed by atoms with Crippen molar-refractivity contribution in [3.8, 4) is 11.4 Å². The number of hydrogen-bond donors (Lipinski definition) is 3. The molecule has 0 saturated heterocycles. The van der Waals surface area contributed by atoms with Crippen LogP contribution in [0.4, 0.5) is 11.6 Å². The zero-order chi connectivity index (χ0) is 10.1. The number of H-pyrrole nitrogens is 1. The molecule has 1 aromatic heterocycles. The molecule has 0 saturated carbocycles. The van der Waals surface area contributed by atoms with Gasteiger partial charge < -0.3 is 11.5 Å². The van der Waals surface area contributed by atoms with Crippen molar-refractivity contribution in [2.24, 2.45) is 0 Å². The highest BCUT2D eigenvalue weighted by molar-refractivity contribution is 6.33. The Labute approximate surface area is 85.1 Å². The zero-order valence-electron chi connectivity index (χ0n) is 7.16. The summed E-state index contributed by atoms with van der Waals surface area (Å²) in [6.07, 6.45) is 0. The van der Waals surface area contributed by atoms with Gasteiger partial charge in [-0.2, -0.15) is 4.98 Å². The van der Waals surface area contributed by atoms with Crippen molar-refractivity contribution in [3.05, 3.63) is 23.2 Å². The molecule has 0 fully saturated rings. The Morgan fingerprint density at radius 3 is 2.64 bits per heavy atom. The van der Waals surface area contributed by atoms with E-state index in [1.165, 1.54) is 0 Å². The van der Waals surface area contributed by atoms with Crippen LogP contribution in [0.5, 0.6) is 0 Å². The van der Waals surface area contributed by atoms with Crippen molar-refractivity contribution in [1.29, 1.82) is 0 Å². The number of aromatic amines is 1. The number of aromatic nitrogens is 3. The first kappa shape index (κ1) is 8.83. The Morgan fingerprint density at radius 1 is 1.29 bits per heavy atom. The van der Waals surface area contributed by atoms with Crippen LogP contribution < -0.4 is 11.5 Å². The van der Waals surface area contributed by atoms with Crippen molar-refractivity contribution in [1.82, 2.24) is 15.2 Å². The van der Waals surface area contributed by atoms with Gasteiger partial charge in [0.25, 0.3) is 0 Å². The Hall–Kier alpha value is -1.75. The van der Waals surface area contributed by atoms with Gasteiger partial charge in [-0.3, -0.25) is 5.10 Å². The molecule has 2 aromatic rings. The summed E-state index contributed by atoms with van der Waals surface area (Å²) in [6.45, 7) is 0. The number of halogens is 1. The van der Waals surface area contributed by atoms with Crippen molar-refractivity contribution >= 4 is 23.2 Å². The second-order valence-corrected chi connectivity index (χ2v) is 3.19. The first-order valence-electron chi connectivity index (χ1n) is 3.90. The third-order valence-electron chi connectivity index (χ3n) is 1.75. The summed E-state index contributed by atoms with van der Waals surface area (Å²) in [6, 6.07) is 5.15. The normalized spacial score (nSPS) is 10.4. The fraction of sp³-hybridized carbons (Fsp3) is 0. The van der Waals surface area contributed by atoms with E-state index in [0.717, 1.165) is 5.56 Å². The fourth-order valence-corrected chi connectivity index (χ4v) is 1.40. The molecule has 5 nitrogen and oxygen atoms in total. The molecule has 14 heavy (non-hydrogen) atoms. The lowest BCUT2D eigenvalue weighted by Gasteiger charge is -2.00. The highest BCUT2D eigenvalue weighted by Gasteiger charge is 2.07. The van der Waals surface area contributed by atoms with Crippen molar-refractivity contribution in [2.75, 3.05) is 11.5 Å². The van der Waals surface area contributed by atoms with E-state index in [-0.39, 0.29) is 5.95 Å². The topological polar surface area (TPSA) is 93.6 Å². The number of anilines is 2. The first-order valence-corrected chi connectivity index (χ1v) is 4.28. The summed E-state index contributed by atoms with van der Waals surface area (Å²) in [7, 11) is 0. The van der Waals surface area contributed by atoms with Gasteiger partial charge in [0.15, 0.2) is 5.82 Å². The Kier molecular flexibility index (Phi) is 2.01. The van der Waals surface area contributed by atoms with E-state index >= 15 is 0 Å². The van der Waals surface area contributed by atoms with Crippen LogP contribution in [0.2, 0.25) is 5.02 Å². The monoisotopic (exact) mass is 209 g/mol. The summed E-state index contributed by atoms with van der Waals surface area (Å²) in [5.74, 6) is 0.723. The molecule has 0 unspecified atom stereocenters. The minimum atomic E-state index is 0.188. The average molecular weight is 210 g/mol. The molecule has 1 aromatic carbocycles. The molecular weight excluding hydrogens is 202 g/mol. The van der Waals surface area contributed by atoms with Gasteiger partial charge in [-0.25, -0.2) is 0 Å². The van der Waals surface area contributed by atoms with Crippen LogP contribution in [-0.2, 0) is 0 Å². The van der Waals surface area contributed by atoms with Gasteiger partial charge in [-0.05, 0) is 18.2 Å². The predicted octanol–water partition coefficient (Wildman–Crippen LogP) is 1.29. The average Bonchev–Trinajstić information content (AvgIpc) is 2.51. The van der Waals surface area contributed by atoms with E-state index in [4.69, 9.17) is 23.1 Å². The van der Waals surface area contributed by atoms with Gasteiger partial charge in [0.05, 0.1) is 5.02 Å². The summed E-state index contributed by atoms with van der Waals surface area (Å²) in [4.78, 5) is 3.96. The summed E-state index contributed by atoms with van der Waals surface area (Å²) in [5.41, 5.74) is 12.3. The third-order valence-corrected chi connectivity index (χ3v) is 2.06. The van der Waals surface area contributed by atoms with Gasteiger partial charge in [0.1, 0.15) is 0 Å². The smallest absolute Gasteiger partial charge is 0.239 e. The molecule has 0 radical (unpaired) electrons. The number of hydrogen-bond acceptors (Lipinski definition) is 4. The minimum absolute atomic E-state index is 0.188. The maximum atomic E-state index is 5.96. The summed E-state index contributed by atoms with van der Waals surface area (Å²) < 4.78 is 0. The standard InChI is InChI=1S/C8H8ClN5/c9-6-3-4(10)1-2-5(6)7-12-8(11)14-13-7/h1-3H,10H2,(H3,11,12,13,14). The number of nitrogens with one attached hydrogen (secondary N) is 1. The molecule has 0 bridgehead atoms. The van der Waals surface area contributed by atoms with Crippen molar-refractivity contribution in [3.63, 3.8) is 0 Å². The SMILES string of the molecule is Nc1ccc(-c2nc(N)n[nH]2)c(Cl)c1. The molecule has 5 N–H and O–H groups in total. The number of rotatable bonds is 1. The van der Waals surface area contributed by atoms with Crippen LogP contribution in [0.25, 0.3) is 11.4 Å². The van der Waals surface area contributed by atoms with E-state index in [1.807, 2.05) is 0 Å². The molecule has 1 heterocycles. The fourth-order valence-electron chi connectivity index (χ4n) is 1.12. The Bertz CT molecular complexity index is 465. The minimum Gasteiger partial charge on any atom is -0.399 e. The Balaban J connectivity index is 2.52. The van der Waals surface area contributed by atoms with E-state index in [2.05, 4.69) is 15.2 Å². The molecule has 0 spiro atoms. The second-order valence-electron chi connectivity index (χ2n) is 2.78. The molecule has 0 atom stereocenters. The largest absolute Gasteiger partial charge is 0.399 e. The quantitative estimate of drug-likeness (QED) is 0.617. The van der Waals surface area contributed by atoms with Crippen molar-refractivity contribution in [2.45, 2.75) is 0 Å². The predicted molar refractivity (Wildman–Crippen MR) is 55.7 cm³/mol. The molecule has 0 aliphatic carbocycles. The maximum absolute atomic E-state index is 5.96. The molecule has 6 heteroatoms. The molecule has 0 aliphatic heterocycles. The summed E-state index contributed by atoms with van der Waals surface area (Å²) >= 11 is 5.96. The van der Waals surface area contributed by atoms with Gasteiger partial charge in [-0.15, -0.1) is 5.10 Å². The molecule has 0 amide bonds. The number of nitrogens with zero attached hydrogens (tertiary/aromatic N) is 2. The molecule has 0 aliphatic rings. The van der Waals surface area contributed by atoms with Crippen LogP contribution in [0.3, 0.4) is 0 Å². The number of nitrogens with two attached hydrogens (primary N) is 2. The highest BCUT2D eigenvalue weighted by Crippen LogP contribution is 2.26. The van der Waals surface area contributed by atoms with Gasteiger partial charge >= 0.3 is 0 Å².